The highest BCUT2D eigenvalue weighted by Gasteiger charge is 2.25. The topological polar surface area (TPSA) is 69.5 Å². The van der Waals surface area contributed by atoms with Gasteiger partial charge >= 0.3 is 0 Å². The van der Waals surface area contributed by atoms with E-state index >= 15 is 0 Å². The van der Waals surface area contributed by atoms with Gasteiger partial charge in [0.2, 0.25) is 5.06 Å². The Morgan fingerprint density at radius 1 is 1.23 bits per heavy atom. The van der Waals surface area contributed by atoms with Gasteiger partial charge in [-0.2, -0.15) is 0 Å². The molecule has 0 radical (unpaired) electrons. The van der Waals surface area contributed by atoms with E-state index in [1.54, 1.807) is 17.5 Å². The number of oxime groups is 1. The molecule has 3 aromatic heterocycles. The van der Waals surface area contributed by atoms with Crippen molar-refractivity contribution in [1.29, 1.82) is 0 Å². The molecule has 6 nitrogen and oxygen atoms in total. The predicted octanol–water partition coefficient (Wildman–Crippen LogP) is 4.55. The van der Waals surface area contributed by atoms with Gasteiger partial charge in [0.15, 0.2) is 0 Å². The van der Waals surface area contributed by atoms with Crippen LogP contribution in [0.4, 0.5) is 0 Å². The summed E-state index contributed by atoms with van der Waals surface area (Å²) in [5.74, 6) is 0. The van der Waals surface area contributed by atoms with Crippen LogP contribution in [0.2, 0.25) is 0 Å². The Balaban J connectivity index is 1.70. The number of aryl methyl sites for hydroxylation is 1. The van der Waals surface area contributed by atoms with Crippen molar-refractivity contribution in [1.82, 2.24) is 15.0 Å². The molecule has 8 heteroatoms. The maximum atomic E-state index is 5.79. The number of thiazole rings is 2. The number of rotatable bonds is 4. The molecule has 0 bridgehead atoms. The van der Waals surface area contributed by atoms with Crippen LogP contribution in [0.3, 0.4) is 0 Å². The molecule has 3 aromatic rings. The number of aromatic nitrogens is 3. The molecule has 0 saturated heterocycles. The van der Waals surface area contributed by atoms with E-state index in [0.29, 0.717) is 13.0 Å². The second kappa shape index (κ2) is 7.13. The number of hydrogen-bond acceptors (Lipinski definition) is 8. The molecule has 0 aromatic carbocycles. The zero-order valence-corrected chi connectivity index (χ0v) is 16.4. The number of fused-ring (bicyclic) bond motifs is 1. The Morgan fingerprint density at radius 2 is 2.12 bits per heavy atom. The van der Waals surface area contributed by atoms with Gasteiger partial charge in [-0.3, -0.25) is 4.98 Å². The van der Waals surface area contributed by atoms with E-state index in [1.807, 2.05) is 39.1 Å². The van der Waals surface area contributed by atoms with Gasteiger partial charge in [0.25, 0.3) is 0 Å². The molecule has 0 spiro atoms. The summed E-state index contributed by atoms with van der Waals surface area (Å²) in [5, 5.41) is 6.91. The normalized spacial score (nSPS) is 15.2. The van der Waals surface area contributed by atoms with E-state index in [9.17, 15) is 0 Å². The van der Waals surface area contributed by atoms with Crippen molar-refractivity contribution in [2.45, 2.75) is 33.3 Å². The summed E-state index contributed by atoms with van der Waals surface area (Å²) in [6, 6.07) is 3.93. The second-order valence-corrected chi connectivity index (χ2v) is 8.08. The van der Waals surface area contributed by atoms with Gasteiger partial charge < -0.3 is 9.57 Å². The van der Waals surface area contributed by atoms with Gasteiger partial charge in [0, 0.05) is 24.4 Å². The minimum absolute atomic E-state index is 0.0395. The zero-order chi connectivity index (χ0) is 18.1. The molecule has 0 fully saturated rings. The molecule has 4 rings (SSSR count). The predicted molar refractivity (Wildman–Crippen MR) is 104 cm³/mol. The van der Waals surface area contributed by atoms with E-state index in [4.69, 9.17) is 19.5 Å². The van der Waals surface area contributed by atoms with Crippen LogP contribution in [0.1, 0.15) is 31.7 Å². The lowest BCUT2D eigenvalue weighted by Gasteiger charge is -2.13. The molecule has 0 atom stereocenters. The molecular formula is C18H18N4O2S2. The van der Waals surface area contributed by atoms with Crippen LogP contribution in [0.25, 0.3) is 20.5 Å². The van der Waals surface area contributed by atoms with Crippen LogP contribution in [0.5, 0.6) is 5.06 Å². The minimum Gasteiger partial charge on any atom is -0.482 e. The standard InChI is InChI=1S/C18H18N4O2S2/c1-10(2)24-22-13-6-8-23-18-14(13)21-17(26-18)15-11(3)20-16(25-15)12-5-4-7-19-9-12/h4-5,7,9-10H,6,8H2,1-3H3/b22-13+. The highest BCUT2D eigenvalue weighted by atomic mass is 32.1. The summed E-state index contributed by atoms with van der Waals surface area (Å²) in [7, 11) is 0. The second-order valence-electron chi connectivity index (χ2n) is 6.12. The Labute approximate surface area is 159 Å². The van der Waals surface area contributed by atoms with Crippen molar-refractivity contribution >= 4 is 28.4 Å². The number of hydrogen-bond donors (Lipinski definition) is 0. The fraction of sp³-hybridized carbons (Fsp3) is 0.333. The molecule has 4 heterocycles. The van der Waals surface area contributed by atoms with Gasteiger partial charge in [0.05, 0.1) is 17.2 Å². The first-order valence-electron chi connectivity index (χ1n) is 8.36. The van der Waals surface area contributed by atoms with Crippen molar-refractivity contribution in [3.63, 3.8) is 0 Å². The number of pyridine rings is 1. The van der Waals surface area contributed by atoms with Crippen molar-refractivity contribution in [3.8, 4) is 25.5 Å². The quantitative estimate of drug-likeness (QED) is 0.615. The molecule has 26 heavy (non-hydrogen) atoms. The molecule has 0 saturated carbocycles. The highest BCUT2D eigenvalue weighted by molar-refractivity contribution is 7.24. The van der Waals surface area contributed by atoms with E-state index in [2.05, 4.69) is 10.1 Å². The summed E-state index contributed by atoms with van der Waals surface area (Å²) in [6.45, 7) is 6.51. The van der Waals surface area contributed by atoms with Crippen molar-refractivity contribution < 1.29 is 9.57 Å². The first-order chi connectivity index (χ1) is 12.6. The third-order valence-electron chi connectivity index (χ3n) is 3.71. The van der Waals surface area contributed by atoms with Gasteiger partial charge in [0.1, 0.15) is 27.5 Å². The molecule has 0 N–H and O–H groups in total. The summed E-state index contributed by atoms with van der Waals surface area (Å²) >= 11 is 3.15. The van der Waals surface area contributed by atoms with E-state index in [-0.39, 0.29) is 6.10 Å². The van der Waals surface area contributed by atoms with Crippen molar-refractivity contribution in [2.75, 3.05) is 6.61 Å². The SMILES string of the molecule is Cc1nc(-c2cccnc2)sc1-c1nc2c(s1)OCC/C2=N\OC(C)C. The van der Waals surface area contributed by atoms with E-state index in [0.717, 1.165) is 42.6 Å². The molecule has 1 aliphatic heterocycles. The molecule has 0 unspecified atom stereocenters. The lowest BCUT2D eigenvalue weighted by atomic mass is 10.2. The van der Waals surface area contributed by atoms with Gasteiger partial charge in [-0.1, -0.05) is 16.5 Å². The Bertz CT molecular complexity index is 948. The lowest BCUT2D eigenvalue weighted by molar-refractivity contribution is 0.0849. The Kier molecular flexibility index (Phi) is 4.69. The largest absolute Gasteiger partial charge is 0.482 e. The lowest BCUT2D eigenvalue weighted by Crippen LogP contribution is -2.16. The fourth-order valence-corrected chi connectivity index (χ4v) is 4.65. The van der Waals surface area contributed by atoms with Crippen LogP contribution in [-0.4, -0.2) is 33.4 Å². The smallest absolute Gasteiger partial charge is 0.204 e. The number of nitrogens with zero attached hydrogens (tertiary/aromatic N) is 4. The van der Waals surface area contributed by atoms with Crippen LogP contribution < -0.4 is 4.74 Å². The van der Waals surface area contributed by atoms with E-state index in [1.165, 1.54) is 11.3 Å². The van der Waals surface area contributed by atoms with Crippen LogP contribution >= 0.6 is 22.7 Å². The third-order valence-corrected chi connectivity index (χ3v) is 6.04. The van der Waals surface area contributed by atoms with Gasteiger partial charge in [-0.15, -0.1) is 11.3 Å². The Hall–Kier alpha value is -2.32. The molecule has 134 valence electrons. The highest BCUT2D eigenvalue weighted by Crippen LogP contribution is 2.42. The van der Waals surface area contributed by atoms with E-state index < -0.39 is 0 Å². The molecule has 0 amide bonds. The summed E-state index contributed by atoms with van der Waals surface area (Å²) in [4.78, 5) is 20.1. The maximum absolute atomic E-state index is 5.79. The molecule has 1 aliphatic rings. The first-order valence-corrected chi connectivity index (χ1v) is 10.00. The summed E-state index contributed by atoms with van der Waals surface area (Å²) in [6.07, 6.45) is 4.33. The number of ether oxygens (including phenoxy) is 1. The minimum atomic E-state index is 0.0395. The molecule has 0 aliphatic carbocycles. The van der Waals surface area contributed by atoms with Crippen molar-refractivity contribution in [3.05, 3.63) is 35.9 Å². The zero-order valence-electron chi connectivity index (χ0n) is 14.7. The Morgan fingerprint density at radius 3 is 2.88 bits per heavy atom. The average Bonchev–Trinajstić information content (AvgIpc) is 3.24. The van der Waals surface area contributed by atoms with Gasteiger partial charge in [-0.25, -0.2) is 9.97 Å². The first kappa shape index (κ1) is 17.1. The van der Waals surface area contributed by atoms with Crippen LogP contribution in [0, 0.1) is 6.92 Å². The maximum Gasteiger partial charge on any atom is 0.204 e. The fourth-order valence-electron chi connectivity index (χ4n) is 2.51. The summed E-state index contributed by atoms with van der Waals surface area (Å²) in [5.41, 5.74) is 3.60. The summed E-state index contributed by atoms with van der Waals surface area (Å²) < 4.78 is 5.79. The van der Waals surface area contributed by atoms with Crippen LogP contribution in [-0.2, 0) is 4.84 Å². The van der Waals surface area contributed by atoms with Crippen LogP contribution in [0.15, 0.2) is 29.7 Å². The molecular weight excluding hydrogens is 368 g/mol. The van der Waals surface area contributed by atoms with Gasteiger partial charge in [-0.05, 0) is 32.9 Å². The third kappa shape index (κ3) is 3.34. The van der Waals surface area contributed by atoms with Crippen molar-refractivity contribution in [2.24, 2.45) is 5.16 Å². The monoisotopic (exact) mass is 386 g/mol. The average molecular weight is 387 g/mol.